The molecule has 0 heterocycles. The summed E-state index contributed by atoms with van der Waals surface area (Å²) in [6.07, 6.45) is 12.2. The molecule has 2 aliphatic carbocycles. The van der Waals surface area contributed by atoms with Gasteiger partial charge in [-0.3, -0.25) is 0 Å². The Bertz CT molecular complexity index is 554. The first kappa shape index (κ1) is 16.4. The molecular formula is C20H26N2. The molecule has 2 nitrogen and oxygen atoms in total. The summed E-state index contributed by atoms with van der Waals surface area (Å²) < 4.78 is 0. The van der Waals surface area contributed by atoms with E-state index >= 15 is 0 Å². The summed E-state index contributed by atoms with van der Waals surface area (Å²) in [7, 11) is 0. The van der Waals surface area contributed by atoms with E-state index in [2.05, 4.69) is 52.0 Å². The molecule has 116 valence electrons. The Kier molecular flexibility index (Phi) is 5.12. The zero-order chi connectivity index (χ0) is 16.3. The fraction of sp³-hybridized carbons (Fsp3) is 0.400. The molecule has 0 aromatic rings. The van der Waals surface area contributed by atoms with Gasteiger partial charge in [0, 0.05) is 0 Å². The smallest absolute Gasteiger partial charge is 0.0604 e. The van der Waals surface area contributed by atoms with Crippen LogP contribution in [0.5, 0.6) is 0 Å². The predicted molar refractivity (Wildman–Crippen MR) is 96.0 cm³/mol. The monoisotopic (exact) mass is 294 g/mol. The highest BCUT2D eigenvalue weighted by atomic mass is 14.5. The molecule has 0 amide bonds. The average molecular weight is 294 g/mol. The van der Waals surface area contributed by atoms with E-state index in [-0.39, 0.29) is 0 Å². The van der Waals surface area contributed by atoms with E-state index in [1.54, 1.807) is 0 Å². The van der Waals surface area contributed by atoms with Gasteiger partial charge in [-0.2, -0.15) is 0 Å². The lowest BCUT2D eigenvalue weighted by atomic mass is 9.84. The number of rotatable bonds is 4. The summed E-state index contributed by atoms with van der Waals surface area (Å²) in [5, 5.41) is 16.5. The second-order valence-corrected chi connectivity index (χ2v) is 5.75. The van der Waals surface area contributed by atoms with E-state index < -0.39 is 0 Å². The fourth-order valence-electron chi connectivity index (χ4n) is 2.98. The highest BCUT2D eigenvalue weighted by Gasteiger charge is 2.19. The number of hydrogen-bond acceptors (Lipinski definition) is 2. The molecule has 0 unspecified atom stereocenters. The first-order valence-electron chi connectivity index (χ1n) is 8.30. The average Bonchev–Trinajstić information content (AvgIpc) is 2.55. The quantitative estimate of drug-likeness (QED) is 0.668. The fourth-order valence-corrected chi connectivity index (χ4v) is 2.98. The maximum atomic E-state index is 8.27. The van der Waals surface area contributed by atoms with Crippen LogP contribution < -0.4 is 0 Å². The van der Waals surface area contributed by atoms with Crippen LogP contribution >= 0.6 is 0 Å². The van der Waals surface area contributed by atoms with Gasteiger partial charge in [-0.1, -0.05) is 27.7 Å². The lowest BCUT2D eigenvalue weighted by molar-refractivity contribution is 1.09. The molecule has 22 heavy (non-hydrogen) atoms. The van der Waals surface area contributed by atoms with Crippen molar-refractivity contribution in [1.29, 1.82) is 10.8 Å². The maximum absolute atomic E-state index is 8.27. The molecule has 2 N–H and O–H groups in total. The van der Waals surface area contributed by atoms with Crippen LogP contribution in [0.1, 0.15) is 53.4 Å². The van der Waals surface area contributed by atoms with Gasteiger partial charge in [-0.25, -0.2) is 0 Å². The zero-order valence-corrected chi connectivity index (χ0v) is 14.1. The molecule has 0 radical (unpaired) electrons. The predicted octanol–water partition coefficient (Wildman–Crippen LogP) is 5.70. The molecule has 0 aromatic carbocycles. The Balaban J connectivity index is 2.61. The summed E-state index contributed by atoms with van der Waals surface area (Å²) in [5.74, 6) is 0. The van der Waals surface area contributed by atoms with Crippen molar-refractivity contribution in [3.05, 3.63) is 57.7 Å². The molecule has 0 saturated carbocycles. The van der Waals surface area contributed by atoms with E-state index in [1.165, 1.54) is 11.1 Å². The Labute approximate surface area is 134 Å². The minimum absolute atomic E-state index is 0.692. The van der Waals surface area contributed by atoms with Crippen molar-refractivity contribution >= 4 is 11.4 Å². The Hall–Kier alpha value is -1.96. The number of allylic oxidation sites excluding steroid dienone is 10. The van der Waals surface area contributed by atoms with Crippen molar-refractivity contribution in [2.45, 2.75) is 53.4 Å². The van der Waals surface area contributed by atoms with Crippen LogP contribution in [0.4, 0.5) is 0 Å². The molecule has 0 aromatic heterocycles. The van der Waals surface area contributed by atoms with Crippen molar-refractivity contribution in [2.75, 3.05) is 0 Å². The highest BCUT2D eigenvalue weighted by molar-refractivity contribution is 6.13. The molecule has 2 rings (SSSR count). The minimum atomic E-state index is 0.692. The van der Waals surface area contributed by atoms with Crippen LogP contribution in [0.25, 0.3) is 0 Å². The van der Waals surface area contributed by atoms with E-state index in [1.807, 2.05) is 0 Å². The highest BCUT2D eigenvalue weighted by Crippen LogP contribution is 2.30. The molecule has 0 spiro atoms. The van der Waals surface area contributed by atoms with Gasteiger partial charge in [-0.05, 0) is 83.4 Å². The third kappa shape index (κ3) is 2.96. The van der Waals surface area contributed by atoms with Crippen LogP contribution in [0.15, 0.2) is 57.7 Å². The lowest BCUT2D eigenvalue weighted by Crippen LogP contribution is -2.12. The number of hydrogen-bond donors (Lipinski definition) is 2. The zero-order valence-electron chi connectivity index (χ0n) is 14.1. The SMILES string of the molecule is CCC1=CC(=C2C=C(CC)C(=N)C(CC)=C2)C=C(CC)C1=N. The van der Waals surface area contributed by atoms with Crippen LogP contribution in [0, 0.1) is 10.8 Å². The topological polar surface area (TPSA) is 47.7 Å². The van der Waals surface area contributed by atoms with Crippen LogP contribution in [0.3, 0.4) is 0 Å². The molecule has 0 fully saturated rings. The molecule has 2 aliphatic rings. The van der Waals surface area contributed by atoms with Crippen molar-refractivity contribution in [1.82, 2.24) is 0 Å². The molecule has 0 atom stereocenters. The lowest BCUT2D eigenvalue weighted by Gasteiger charge is -2.21. The van der Waals surface area contributed by atoms with Gasteiger partial charge in [0.1, 0.15) is 0 Å². The van der Waals surface area contributed by atoms with Gasteiger partial charge in [0.05, 0.1) is 11.4 Å². The molecule has 0 bridgehead atoms. The molecular weight excluding hydrogens is 268 g/mol. The Morgan fingerprint density at radius 2 is 0.773 bits per heavy atom. The summed E-state index contributed by atoms with van der Waals surface area (Å²) in [6.45, 7) is 8.44. The maximum Gasteiger partial charge on any atom is 0.0604 e. The van der Waals surface area contributed by atoms with Crippen LogP contribution in [0.2, 0.25) is 0 Å². The normalized spacial score (nSPS) is 18.9. The molecule has 2 heteroatoms. The Morgan fingerprint density at radius 3 is 0.955 bits per heavy atom. The van der Waals surface area contributed by atoms with E-state index in [0.29, 0.717) is 11.4 Å². The van der Waals surface area contributed by atoms with Crippen LogP contribution in [-0.4, -0.2) is 11.4 Å². The van der Waals surface area contributed by atoms with Gasteiger partial charge in [0.2, 0.25) is 0 Å². The van der Waals surface area contributed by atoms with E-state index in [0.717, 1.165) is 48.0 Å². The second-order valence-electron chi connectivity index (χ2n) is 5.75. The van der Waals surface area contributed by atoms with Gasteiger partial charge in [-0.15, -0.1) is 0 Å². The van der Waals surface area contributed by atoms with E-state index in [4.69, 9.17) is 10.8 Å². The van der Waals surface area contributed by atoms with Crippen LogP contribution in [-0.2, 0) is 0 Å². The van der Waals surface area contributed by atoms with Crippen molar-refractivity contribution in [3.63, 3.8) is 0 Å². The molecule has 0 saturated heterocycles. The summed E-state index contributed by atoms with van der Waals surface area (Å²) in [4.78, 5) is 0. The second kappa shape index (κ2) is 6.87. The first-order valence-corrected chi connectivity index (χ1v) is 8.30. The summed E-state index contributed by atoms with van der Waals surface area (Å²) in [5.41, 5.74) is 8.21. The third-order valence-electron chi connectivity index (χ3n) is 4.46. The van der Waals surface area contributed by atoms with E-state index in [9.17, 15) is 0 Å². The largest absolute Gasteiger partial charge is 0.300 e. The van der Waals surface area contributed by atoms with Crippen molar-refractivity contribution < 1.29 is 0 Å². The van der Waals surface area contributed by atoms with Gasteiger partial charge >= 0.3 is 0 Å². The Morgan fingerprint density at radius 1 is 0.545 bits per heavy atom. The first-order chi connectivity index (χ1) is 10.5. The van der Waals surface area contributed by atoms with Gasteiger partial charge in [0.15, 0.2) is 0 Å². The summed E-state index contributed by atoms with van der Waals surface area (Å²) in [6, 6.07) is 0. The van der Waals surface area contributed by atoms with Gasteiger partial charge in [0.25, 0.3) is 0 Å². The standard InChI is InChI=1S/C20H26N2/c1-5-13-9-17(10-14(6-2)19(13)21)18-11-15(7-3)20(22)16(8-4)12-18/h9-12,21-22H,5-8H2,1-4H3. The van der Waals surface area contributed by atoms with Gasteiger partial charge < -0.3 is 10.8 Å². The summed E-state index contributed by atoms with van der Waals surface area (Å²) >= 11 is 0. The van der Waals surface area contributed by atoms with Crippen molar-refractivity contribution in [3.8, 4) is 0 Å². The minimum Gasteiger partial charge on any atom is -0.300 e. The third-order valence-corrected chi connectivity index (χ3v) is 4.46. The molecule has 0 aliphatic heterocycles. The number of nitrogens with one attached hydrogen (secondary N) is 2. The van der Waals surface area contributed by atoms with Crippen molar-refractivity contribution in [2.24, 2.45) is 0 Å².